The van der Waals surface area contributed by atoms with Gasteiger partial charge in [0.15, 0.2) is 11.4 Å². The second kappa shape index (κ2) is 7.61. The van der Waals surface area contributed by atoms with Crippen LogP contribution in [-0.2, 0) is 0 Å². The average molecular weight is 378 g/mol. The first-order valence-corrected chi connectivity index (χ1v) is 9.41. The summed E-state index contributed by atoms with van der Waals surface area (Å²) in [5.41, 5.74) is 0.743. The number of pyridine rings is 1. The minimum Gasteiger partial charge on any atom is -0.454 e. The zero-order chi connectivity index (χ0) is 20.4. The lowest BCUT2D eigenvalue weighted by molar-refractivity contribution is 0.0873. The molecule has 0 saturated carbocycles. The van der Waals surface area contributed by atoms with Crippen LogP contribution in [0, 0.1) is 11.3 Å². The van der Waals surface area contributed by atoms with Crippen molar-refractivity contribution in [2.45, 2.75) is 57.7 Å². The van der Waals surface area contributed by atoms with Crippen LogP contribution < -0.4 is 15.4 Å². The van der Waals surface area contributed by atoms with Crippen LogP contribution >= 0.6 is 0 Å². The highest BCUT2D eigenvalue weighted by atomic mass is 16.5. The van der Waals surface area contributed by atoms with E-state index in [1.807, 2.05) is 6.07 Å². The molecule has 1 aromatic carbocycles. The number of benzene rings is 1. The number of ether oxygens (including phenoxy) is 1. The molecule has 1 aliphatic rings. The number of piperidine rings is 1. The quantitative estimate of drug-likeness (QED) is 0.845. The first kappa shape index (κ1) is 19.8. The number of hydrogen-bond acceptors (Lipinski definition) is 5. The second-order valence-corrected chi connectivity index (χ2v) is 8.56. The Bertz CT molecular complexity index is 881. The second-order valence-electron chi connectivity index (χ2n) is 8.56. The molecule has 1 aliphatic heterocycles. The summed E-state index contributed by atoms with van der Waals surface area (Å²) in [4.78, 5) is 16.7. The number of nitrogens with zero attached hydrogens (tertiary/aromatic N) is 2. The monoisotopic (exact) mass is 378 g/mol. The number of carbonyl (C=O) groups excluding carboxylic acids is 1. The molecule has 0 unspecified atom stereocenters. The van der Waals surface area contributed by atoms with Gasteiger partial charge in [0.05, 0.1) is 0 Å². The molecular weight excluding hydrogens is 352 g/mol. The Kier molecular flexibility index (Phi) is 5.39. The zero-order valence-electron chi connectivity index (χ0n) is 16.7. The van der Waals surface area contributed by atoms with Gasteiger partial charge in [-0.3, -0.25) is 4.79 Å². The summed E-state index contributed by atoms with van der Waals surface area (Å²) in [6.07, 6.45) is 3.30. The topological polar surface area (TPSA) is 87.0 Å². The van der Waals surface area contributed by atoms with E-state index in [1.165, 1.54) is 0 Å². The van der Waals surface area contributed by atoms with Crippen LogP contribution in [0.3, 0.4) is 0 Å². The predicted octanol–water partition coefficient (Wildman–Crippen LogP) is 3.78. The van der Waals surface area contributed by atoms with Crippen molar-refractivity contribution < 1.29 is 9.53 Å². The van der Waals surface area contributed by atoms with Gasteiger partial charge in [-0.25, -0.2) is 4.98 Å². The number of aromatic nitrogens is 1. The number of nitrogens with one attached hydrogen (secondary N) is 2. The molecule has 0 atom stereocenters. The van der Waals surface area contributed by atoms with Crippen LogP contribution in [0.5, 0.6) is 11.5 Å². The maximum Gasteiger partial charge on any atom is 0.251 e. The average Bonchev–Trinajstić information content (AvgIpc) is 2.60. The molecule has 28 heavy (non-hydrogen) atoms. The van der Waals surface area contributed by atoms with E-state index in [2.05, 4.69) is 43.3 Å². The maximum absolute atomic E-state index is 12.7. The smallest absolute Gasteiger partial charge is 0.251 e. The molecule has 6 heteroatoms. The first-order chi connectivity index (χ1) is 13.2. The van der Waals surface area contributed by atoms with Crippen molar-refractivity contribution >= 4 is 5.91 Å². The van der Waals surface area contributed by atoms with Gasteiger partial charge in [0.1, 0.15) is 11.8 Å². The van der Waals surface area contributed by atoms with E-state index in [0.717, 1.165) is 12.8 Å². The zero-order valence-corrected chi connectivity index (χ0v) is 16.7. The summed E-state index contributed by atoms with van der Waals surface area (Å²) in [6.45, 7) is 8.64. The van der Waals surface area contributed by atoms with Gasteiger partial charge in [-0.15, -0.1) is 0 Å². The largest absolute Gasteiger partial charge is 0.454 e. The highest BCUT2D eigenvalue weighted by Crippen LogP contribution is 2.29. The summed E-state index contributed by atoms with van der Waals surface area (Å²) < 4.78 is 5.71. The molecule has 0 radical (unpaired) electrons. The summed E-state index contributed by atoms with van der Waals surface area (Å²) in [6, 6.07) is 12.4. The number of hydrogen-bond donors (Lipinski definition) is 2. The van der Waals surface area contributed by atoms with Crippen LogP contribution in [0.4, 0.5) is 0 Å². The Morgan fingerprint density at radius 1 is 1.18 bits per heavy atom. The fourth-order valence-corrected chi connectivity index (χ4v) is 4.05. The van der Waals surface area contributed by atoms with Crippen molar-refractivity contribution in [2.24, 2.45) is 0 Å². The van der Waals surface area contributed by atoms with Crippen molar-refractivity contribution in [2.75, 3.05) is 0 Å². The number of rotatable bonds is 4. The molecule has 1 amide bonds. The number of nitriles is 1. The Labute approximate surface area is 165 Å². The Morgan fingerprint density at radius 2 is 1.82 bits per heavy atom. The summed E-state index contributed by atoms with van der Waals surface area (Å²) in [5.74, 6) is 0.843. The summed E-state index contributed by atoms with van der Waals surface area (Å²) in [5, 5.41) is 15.9. The van der Waals surface area contributed by atoms with Gasteiger partial charge in [0, 0.05) is 28.9 Å². The van der Waals surface area contributed by atoms with Gasteiger partial charge in [-0.05, 0) is 76.9 Å². The lowest BCUT2D eigenvalue weighted by Crippen LogP contribution is -2.62. The molecule has 0 spiro atoms. The lowest BCUT2D eigenvalue weighted by Gasteiger charge is -2.46. The molecular formula is C22H26N4O2. The molecule has 2 N–H and O–H groups in total. The fraction of sp³-hybridized carbons (Fsp3) is 0.409. The van der Waals surface area contributed by atoms with Crippen molar-refractivity contribution in [3.8, 4) is 17.6 Å². The Balaban J connectivity index is 1.66. The van der Waals surface area contributed by atoms with E-state index < -0.39 is 0 Å². The van der Waals surface area contributed by atoms with Crippen LogP contribution in [0.1, 0.15) is 56.6 Å². The molecule has 1 saturated heterocycles. The Morgan fingerprint density at radius 3 is 2.43 bits per heavy atom. The van der Waals surface area contributed by atoms with Crippen LogP contribution in [0.15, 0.2) is 42.6 Å². The molecule has 3 rings (SSSR count). The Hall–Kier alpha value is -2.91. The molecule has 2 aromatic rings. The third kappa shape index (κ3) is 4.87. The van der Waals surface area contributed by atoms with Gasteiger partial charge in [-0.2, -0.15) is 5.26 Å². The van der Waals surface area contributed by atoms with E-state index in [-0.39, 0.29) is 28.7 Å². The van der Waals surface area contributed by atoms with Crippen molar-refractivity contribution in [3.63, 3.8) is 0 Å². The van der Waals surface area contributed by atoms with Gasteiger partial charge >= 0.3 is 0 Å². The van der Waals surface area contributed by atoms with E-state index in [9.17, 15) is 4.79 Å². The molecule has 1 fully saturated rings. The van der Waals surface area contributed by atoms with Gasteiger partial charge in [-0.1, -0.05) is 0 Å². The standard InChI is InChI=1S/C22H26N4O2/c1-21(2)12-16(13-22(3,4)26-21)25-20(27)15-7-9-17(10-8-15)28-19-6-5-11-24-18(19)14-23/h5-11,16,26H,12-13H2,1-4H3,(H,25,27). The minimum atomic E-state index is -0.0934. The fourth-order valence-electron chi connectivity index (χ4n) is 4.05. The van der Waals surface area contributed by atoms with Crippen LogP contribution in [0.2, 0.25) is 0 Å². The lowest BCUT2D eigenvalue weighted by atomic mass is 9.79. The highest BCUT2D eigenvalue weighted by molar-refractivity contribution is 5.94. The highest BCUT2D eigenvalue weighted by Gasteiger charge is 2.38. The normalized spacial score (nSPS) is 18.1. The molecule has 0 aliphatic carbocycles. The van der Waals surface area contributed by atoms with Crippen molar-refractivity contribution in [1.82, 2.24) is 15.6 Å². The van der Waals surface area contributed by atoms with E-state index in [4.69, 9.17) is 10.00 Å². The molecule has 146 valence electrons. The first-order valence-electron chi connectivity index (χ1n) is 9.41. The number of carbonyl (C=O) groups is 1. The van der Waals surface area contributed by atoms with Crippen LogP contribution in [-0.4, -0.2) is 28.0 Å². The minimum absolute atomic E-state index is 0.0282. The van der Waals surface area contributed by atoms with Crippen LogP contribution in [0.25, 0.3) is 0 Å². The molecule has 2 heterocycles. The third-order valence-corrected chi connectivity index (χ3v) is 4.75. The maximum atomic E-state index is 12.7. The SMILES string of the molecule is CC1(C)CC(NC(=O)c2ccc(Oc3cccnc3C#N)cc2)CC(C)(C)N1. The molecule has 0 bridgehead atoms. The third-order valence-electron chi connectivity index (χ3n) is 4.75. The predicted molar refractivity (Wildman–Crippen MR) is 107 cm³/mol. The summed E-state index contributed by atoms with van der Waals surface area (Å²) >= 11 is 0. The molecule has 1 aromatic heterocycles. The summed E-state index contributed by atoms with van der Waals surface area (Å²) in [7, 11) is 0. The van der Waals surface area contributed by atoms with E-state index in [0.29, 0.717) is 17.1 Å². The van der Waals surface area contributed by atoms with Crippen molar-refractivity contribution in [3.05, 3.63) is 53.9 Å². The van der Waals surface area contributed by atoms with Crippen molar-refractivity contribution in [1.29, 1.82) is 5.26 Å². The van der Waals surface area contributed by atoms with E-state index >= 15 is 0 Å². The molecule has 6 nitrogen and oxygen atoms in total. The number of amides is 1. The van der Waals surface area contributed by atoms with Gasteiger partial charge < -0.3 is 15.4 Å². The van der Waals surface area contributed by atoms with Gasteiger partial charge in [0.25, 0.3) is 5.91 Å². The van der Waals surface area contributed by atoms with E-state index in [1.54, 1.807) is 42.6 Å². The van der Waals surface area contributed by atoms with Gasteiger partial charge in [0.2, 0.25) is 0 Å².